The minimum absolute atomic E-state index is 0.0854. The molecule has 1 rings (SSSR count). The monoisotopic (exact) mass is 219 g/mol. The van der Waals surface area contributed by atoms with Crippen LogP contribution in [0.3, 0.4) is 0 Å². The number of nitrogens with one attached hydrogen (secondary N) is 1. The average Bonchev–Trinajstić information content (AvgIpc) is 2.43. The molecule has 1 aliphatic rings. The summed E-state index contributed by atoms with van der Waals surface area (Å²) in [6.45, 7) is 7.45. The van der Waals surface area contributed by atoms with Crippen LogP contribution in [0.15, 0.2) is 0 Å². The van der Waals surface area contributed by atoms with Gasteiger partial charge in [0.05, 0.1) is 11.7 Å². The molecular weight excluding hydrogens is 198 g/mol. The van der Waals surface area contributed by atoms with Crippen molar-refractivity contribution in [2.75, 3.05) is 12.4 Å². The molecule has 0 radical (unpaired) electrons. The zero-order valence-corrected chi connectivity index (χ0v) is 10.2. The Kier molecular flexibility index (Phi) is 4.68. The molecule has 0 aromatic heterocycles. The number of halogens is 1. The normalized spacial score (nSPS) is 27.9. The van der Waals surface area contributed by atoms with Crippen molar-refractivity contribution < 1.29 is 4.74 Å². The SMILES string of the molecule is CC(CCCl)NCC1CCC(C)(C)O1. The second-order valence-electron chi connectivity index (χ2n) is 4.83. The fraction of sp³-hybridized carbons (Fsp3) is 1.00. The van der Waals surface area contributed by atoms with Crippen molar-refractivity contribution >= 4 is 11.6 Å². The first-order valence-electron chi connectivity index (χ1n) is 5.50. The van der Waals surface area contributed by atoms with Gasteiger partial charge in [-0.05, 0) is 40.0 Å². The molecule has 0 aliphatic carbocycles. The van der Waals surface area contributed by atoms with Gasteiger partial charge in [-0.2, -0.15) is 0 Å². The zero-order chi connectivity index (χ0) is 10.6. The number of hydrogen-bond acceptors (Lipinski definition) is 2. The van der Waals surface area contributed by atoms with Gasteiger partial charge in [0, 0.05) is 18.5 Å². The van der Waals surface area contributed by atoms with Crippen molar-refractivity contribution in [1.29, 1.82) is 0 Å². The number of alkyl halides is 1. The quantitative estimate of drug-likeness (QED) is 0.718. The third-order valence-electron chi connectivity index (χ3n) is 2.79. The largest absolute Gasteiger partial charge is 0.371 e. The van der Waals surface area contributed by atoms with Crippen LogP contribution in [0.1, 0.15) is 40.0 Å². The van der Waals surface area contributed by atoms with E-state index >= 15 is 0 Å². The van der Waals surface area contributed by atoms with E-state index in [9.17, 15) is 0 Å². The molecule has 2 unspecified atom stereocenters. The van der Waals surface area contributed by atoms with Gasteiger partial charge in [-0.15, -0.1) is 11.6 Å². The van der Waals surface area contributed by atoms with Crippen LogP contribution in [0.2, 0.25) is 0 Å². The Bertz CT molecular complexity index is 173. The Morgan fingerprint density at radius 1 is 1.57 bits per heavy atom. The van der Waals surface area contributed by atoms with Crippen LogP contribution >= 0.6 is 11.6 Å². The first-order chi connectivity index (χ1) is 6.53. The molecule has 0 bridgehead atoms. The summed E-state index contributed by atoms with van der Waals surface area (Å²) in [6.07, 6.45) is 3.76. The summed E-state index contributed by atoms with van der Waals surface area (Å²) >= 11 is 5.67. The molecule has 1 heterocycles. The van der Waals surface area contributed by atoms with E-state index in [0.717, 1.165) is 18.8 Å². The maximum Gasteiger partial charge on any atom is 0.0707 e. The van der Waals surface area contributed by atoms with E-state index in [1.165, 1.54) is 12.8 Å². The van der Waals surface area contributed by atoms with Crippen molar-refractivity contribution in [2.24, 2.45) is 0 Å². The summed E-state index contributed by atoms with van der Waals surface area (Å²) in [6, 6.07) is 0.500. The van der Waals surface area contributed by atoms with Crippen LogP contribution in [0.5, 0.6) is 0 Å². The summed E-state index contributed by atoms with van der Waals surface area (Å²) < 4.78 is 5.88. The lowest BCUT2D eigenvalue weighted by Crippen LogP contribution is -2.35. The third kappa shape index (κ3) is 4.16. The van der Waals surface area contributed by atoms with Gasteiger partial charge in [-0.3, -0.25) is 0 Å². The summed E-state index contributed by atoms with van der Waals surface area (Å²) in [7, 11) is 0. The highest BCUT2D eigenvalue weighted by molar-refractivity contribution is 6.17. The molecule has 1 aliphatic heterocycles. The maximum absolute atomic E-state index is 5.88. The minimum atomic E-state index is 0.0854. The molecule has 0 saturated carbocycles. The smallest absolute Gasteiger partial charge is 0.0707 e. The molecule has 1 N–H and O–H groups in total. The minimum Gasteiger partial charge on any atom is -0.371 e. The van der Waals surface area contributed by atoms with Crippen LogP contribution < -0.4 is 5.32 Å². The molecule has 0 amide bonds. The Morgan fingerprint density at radius 2 is 2.29 bits per heavy atom. The lowest BCUT2D eigenvalue weighted by atomic mass is 10.1. The van der Waals surface area contributed by atoms with Crippen molar-refractivity contribution in [3.8, 4) is 0 Å². The summed E-state index contributed by atoms with van der Waals surface area (Å²) in [5.74, 6) is 0.727. The van der Waals surface area contributed by atoms with Gasteiger partial charge >= 0.3 is 0 Å². The van der Waals surface area contributed by atoms with Gasteiger partial charge < -0.3 is 10.1 Å². The van der Waals surface area contributed by atoms with Crippen molar-refractivity contribution in [2.45, 2.75) is 57.8 Å². The van der Waals surface area contributed by atoms with Gasteiger partial charge in [-0.25, -0.2) is 0 Å². The molecule has 84 valence electrons. The van der Waals surface area contributed by atoms with Crippen molar-refractivity contribution in [1.82, 2.24) is 5.32 Å². The van der Waals surface area contributed by atoms with E-state index in [1.54, 1.807) is 0 Å². The van der Waals surface area contributed by atoms with E-state index in [1.807, 2.05) is 0 Å². The van der Waals surface area contributed by atoms with E-state index in [4.69, 9.17) is 16.3 Å². The van der Waals surface area contributed by atoms with Crippen molar-refractivity contribution in [3.63, 3.8) is 0 Å². The van der Waals surface area contributed by atoms with Crippen LogP contribution in [-0.4, -0.2) is 30.2 Å². The van der Waals surface area contributed by atoms with Crippen LogP contribution in [0.4, 0.5) is 0 Å². The Morgan fingerprint density at radius 3 is 2.79 bits per heavy atom. The van der Waals surface area contributed by atoms with Crippen LogP contribution in [-0.2, 0) is 4.74 Å². The van der Waals surface area contributed by atoms with Crippen LogP contribution in [0, 0.1) is 0 Å². The zero-order valence-electron chi connectivity index (χ0n) is 9.48. The standard InChI is InChI=1S/C11H22ClNO/c1-9(5-7-12)13-8-10-4-6-11(2,3)14-10/h9-10,13H,4-8H2,1-3H3. The number of rotatable bonds is 5. The van der Waals surface area contributed by atoms with Gasteiger partial charge in [0.25, 0.3) is 0 Å². The Hall–Kier alpha value is 0.210. The molecule has 0 spiro atoms. The molecule has 2 atom stereocenters. The molecule has 1 saturated heterocycles. The second kappa shape index (κ2) is 5.34. The summed E-state index contributed by atoms with van der Waals surface area (Å²) in [5, 5.41) is 3.45. The van der Waals surface area contributed by atoms with E-state index in [0.29, 0.717) is 12.1 Å². The molecule has 2 nitrogen and oxygen atoms in total. The summed E-state index contributed by atoms with van der Waals surface area (Å²) in [4.78, 5) is 0. The fourth-order valence-electron chi connectivity index (χ4n) is 1.82. The maximum atomic E-state index is 5.88. The topological polar surface area (TPSA) is 21.3 Å². The van der Waals surface area contributed by atoms with Gasteiger partial charge in [0.1, 0.15) is 0 Å². The highest BCUT2D eigenvalue weighted by Crippen LogP contribution is 2.28. The summed E-state index contributed by atoms with van der Waals surface area (Å²) in [5.41, 5.74) is 0.0854. The predicted octanol–water partition coefficient (Wildman–Crippen LogP) is 2.55. The molecule has 0 aromatic carbocycles. The third-order valence-corrected chi connectivity index (χ3v) is 3.01. The lowest BCUT2D eigenvalue weighted by Gasteiger charge is -2.21. The fourth-order valence-corrected chi connectivity index (χ4v) is 2.15. The number of ether oxygens (including phenoxy) is 1. The number of hydrogen-bond donors (Lipinski definition) is 1. The van der Waals surface area contributed by atoms with E-state index in [2.05, 4.69) is 26.1 Å². The van der Waals surface area contributed by atoms with Gasteiger partial charge in [-0.1, -0.05) is 0 Å². The molecular formula is C11H22ClNO. The van der Waals surface area contributed by atoms with E-state index < -0.39 is 0 Å². The van der Waals surface area contributed by atoms with Crippen molar-refractivity contribution in [3.05, 3.63) is 0 Å². The first-order valence-corrected chi connectivity index (χ1v) is 6.04. The first kappa shape index (κ1) is 12.3. The second-order valence-corrected chi connectivity index (χ2v) is 5.20. The molecule has 1 fully saturated rings. The molecule has 3 heteroatoms. The molecule has 14 heavy (non-hydrogen) atoms. The van der Waals surface area contributed by atoms with E-state index in [-0.39, 0.29) is 5.60 Å². The lowest BCUT2D eigenvalue weighted by molar-refractivity contribution is -0.0150. The van der Waals surface area contributed by atoms with Gasteiger partial charge in [0.15, 0.2) is 0 Å². The van der Waals surface area contributed by atoms with Crippen LogP contribution in [0.25, 0.3) is 0 Å². The predicted molar refractivity (Wildman–Crippen MR) is 61.0 cm³/mol. The highest BCUT2D eigenvalue weighted by Gasteiger charge is 2.31. The Labute approximate surface area is 92.3 Å². The molecule has 0 aromatic rings. The van der Waals surface area contributed by atoms with Gasteiger partial charge in [0.2, 0.25) is 0 Å². The Balaban J connectivity index is 2.14. The highest BCUT2D eigenvalue weighted by atomic mass is 35.5. The average molecular weight is 220 g/mol.